The quantitative estimate of drug-likeness (QED) is 0.817. The van der Waals surface area contributed by atoms with Gasteiger partial charge in [-0.1, -0.05) is 29.8 Å². The third kappa shape index (κ3) is 5.64. The highest BCUT2D eigenvalue weighted by atomic mass is 16.6. The summed E-state index contributed by atoms with van der Waals surface area (Å²) in [5.41, 5.74) is 4.76. The second kappa shape index (κ2) is 8.33. The highest BCUT2D eigenvalue weighted by molar-refractivity contribution is 5.92. The van der Waals surface area contributed by atoms with Gasteiger partial charge < -0.3 is 14.8 Å². The van der Waals surface area contributed by atoms with Gasteiger partial charge in [0.25, 0.3) is 5.91 Å². The number of rotatable bonds is 6. The van der Waals surface area contributed by atoms with Gasteiger partial charge in [0.2, 0.25) is 0 Å². The van der Waals surface area contributed by atoms with E-state index < -0.39 is 5.97 Å². The standard InChI is InChI=1S/C20H23NO4/c1-13-6-5-7-17(10-13)21-18(22)11-24-19(23)12-25-20-15(3)8-14(2)9-16(20)4/h5-10H,11-12H2,1-4H3,(H,21,22). The van der Waals surface area contributed by atoms with E-state index in [1.54, 1.807) is 6.07 Å². The molecule has 0 aliphatic heterocycles. The molecule has 2 rings (SSSR count). The summed E-state index contributed by atoms with van der Waals surface area (Å²) in [5.74, 6) is -0.299. The van der Waals surface area contributed by atoms with E-state index in [9.17, 15) is 9.59 Å². The molecule has 0 aliphatic rings. The van der Waals surface area contributed by atoms with Crippen molar-refractivity contribution in [3.8, 4) is 5.75 Å². The van der Waals surface area contributed by atoms with E-state index in [1.807, 2.05) is 58.0 Å². The zero-order valence-corrected chi connectivity index (χ0v) is 15.0. The Balaban J connectivity index is 1.80. The summed E-state index contributed by atoms with van der Waals surface area (Å²) in [6.45, 7) is 7.21. The molecular formula is C20H23NO4. The normalized spacial score (nSPS) is 10.2. The summed E-state index contributed by atoms with van der Waals surface area (Å²) in [6.07, 6.45) is 0. The summed E-state index contributed by atoms with van der Waals surface area (Å²) < 4.78 is 10.5. The van der Waals surface area contributed by atoms with Gasteiger partial charge in [0.05, 0.1) is 0 Å². The fourth-order valence-electron chi connectivity index (χ4n) is 2.63. The minimum absolute atomic E-state index is 0.234. The Morgan fingerprint density at radius 2 is 1.60 bits per heavy atom. The molecule has 25 heavy (non-hydrogen) atoms. The molecule has 1 amide bonds. The first kappa shape index (κ1) is 18.5. The molecule has 0 radical (unpaired) electrons. The van der Waals surface area contributed by atoms with Gasteiger partial charge >= 0.3 is 5.97 Å². The molecule has 0 fully saturated rings. The predicted molar refractivity (Wildman–Crippen MR) is 96.9 cm³/mol. The van der Waals surface area contributed by atoms with Crippen LogP contribution in [0.1, 0.15) is 22.3 Å². The van der Waals surface area contributed by atoms with Crippen molar-refractivity contribution in [2.45, 2.75) is 27.7 Å². The van der Waals surface area contributed by atoms with Crippen LogP contribution in [-0.2, 0) is 14.3 Å². The van der Waals surface area contributed by atoms with Crippen LogP contribution >= 0.6 is 0 Å². The number of anilines is 1. The fourth-order valence-corrected chi connectivity index (χ4v) is 2.63. The number of carbonyl (C=O) groups is 2. The number of carbonyl (C=O) groups excluding carboxylic acids is 2. The van der Waals surface area contributed by atoms with Crippen LogP contribution in [0.4, 0.5) is 5.69 Å². The van der Waals surface area contributed by atoms with Crippen LogP contribution < -0.4 is 10.1 Å². The van der Waals surface area contributed by atoms with Gasteiger partial charge in [-0.3, -0.25) is 4.79 Å². The number of nitrogens with one attached hydrogen (secondary N) is 1. The first-order valence-corrected chi connectivity index (χ1v) is 8.08. The van der Waals surface area contributed by atoms with E-state index in [0.717, 1.165) is 22.3 Å². The van der Waals surface area contributed by atoms with E-state index >= 15 is 0 Å². The molecule has 0 saturated heterocycles. The van der Waals surface area contributed by atoms with E-state index in [4.69, 9.17) is 9.47 Å². The number of hydrogen-bond donors (Lipinski definition) is 1. The summed E-state index contributed by atoms with van der Waals surface area (Å²) in [5, 5.41) is 2.68. The number of amides is 1. The Morgan fingerprint density at radius 3 is 2.24 bits per heavy atom. The van der Waals surface area contributed by atoms with Crippen molar-refractivity contribution in [3.63, 3.8) is 0 Å². The van der Waals surface area contributed by atoms with Gasteiger partial charge in [0.15, 0.2) is 13.2 Å². The maximum absolute atomic E-state index is 11.8. The average Bonchev–Trinajstić information content (AvgIpc) is 2.52. The molecule has 1 N–H and O–H groups in total. The SMILES string of the molecule is Cc1cccc(NC(=O)COC(=O)COc2c(C)cc(C)cc2C)c1. The summed E-state index contributed by atoms with van der Waals surface area (Å²) >= 11 is 0. The zero-order valence-electron chi connectivity index (χ0n) is 15.0. The van der Waals surface area contributed by atoms with Gasteiger partial charge in [-0.25, -0.2) is 4.79 Å². The van der Waals surface area contributed by atoms with E-state index in [-0.39, 0.29) is 19.1 Å². The van der Waals surface area contributed by atoms with Crippen molar-refractivity contribution in [3.05, 3.63) is 58.7 Å². The van der Waals surface area contributed by atoms with Crippen molar-refractivity contribution in [2.24, 2.45) is 0 Å². The lowest BCUT2D eigenvalue weighted by atomic mass is 10.1. The smallest absolute Gasteiger partial charge is 0.344 e. The molecule has 5 nitrogen and oxygen atoms in total. The Kier molecular flexibility index (Phi) is 6.17. The number of benzene rings is 2. The molecule has 5 heteroatoms. The van der Waals surface area contributed by atoms with E-state index in [1.165, 1.54) is 0 Å². The molecular weight excluding hydrogens is 318 g/mol. The summed E-state index contributed by atoms with van der Waals surface area (Å²) in [7, 11) is 0. The highest BCUT2D eigenvalue weighted by Gasteiger charge is 2.11. The lowest BCUT2D eigenvalue weighted by molar-refractivity contribution is -0.149. The highest BCUT2D eigenvalue weighted by Crippen LogP contribution is 2.24. The minimum atomic E-state index is -0.584. The molecule has 0 heterocycles. The number of hydrogen-bond acceptors (Lipinski definition) is 4. The Hall–Kier alpha value is -2.82. The van der Waals surface area contributed by atoms with Crippen LogP contribution in [-0.4, -0.2) is 25.1 Å². The van der Waals surface area contributed by atoms with Crippen LogP contribution in [0.15, 0.2) is 36.4 Å². The van der Waals surface area contributed by atoms with Crippen LogP contribution in [0.5, 0.6) is 5.75 Å². The number of aryl methyl sites for hydroxylation is 4. The molecule has 0 aromatic heterocycles. The average molecular weight is 341 g/mol. The summed E-state index contributed by atoms with van der Waals surface area (Å²) in [4.78, 5) is 23.6. The Bertz CT molecular complexity index is 760. The van der Waals surface area contributed by atoms with Gasteiger partial charge in [-0.15, -0.1) is 0 Å². The van der Waals surface area contributed by atoms with Crippen molar-refractivity contribution < 1.29 is 19.1 Å². The Labute approximate surface area is 148 Å². The third-order valence-electron chi connectivity index (χ3n) is 3.61. The van der Waals surface area contributed by atoms with Gasteiger partial charge in [0.1, 0.15) is 5.75 Å². The molecule has 0 saturated carbocycles. The number of esters is 1. The topological polar surface area (TPSA) is 64.6 Å². The number of ether oxygens (including phenoxy) is 2. The maximum atomic E-state index is 11.8. The predicted octanol–water partition coefficient (Wildman–Crippen LogP) is 3.48. The molecule has 2 aromatic rings. The first-order valence-electron chi connectivity index (χ1n) is 8.08. The zero-order chi connectivity index (χ0) is 18.4. The molecule has 0 bridgehead atoms. The van der Waals surface area contributed by atoms with Crippen molar-refractivity contribution in [2.75, 3.05) is 18.5 Å². The second-order valence-electron chi connectivity index (χ2n) is 6.09. The van der Waals surface area contributed by atoms with E-state index in [0.29, 0.717) is 11.4 Å². The summed E-state index contributed by atoms with van der Waals surface area (Å²) in [6, 6.07) is 11.4. The van der Waals surface area contributed by atoms with Gasteiger partial charge in [0, 0.05) is 5.69 Å². The lowest BCUT2D eigenvalue weighted by Gasteiger charge is -2.13. The van der Waals surface area contributed by atoms with Crippen LogP contribution in [0.3, 0.4) is 0 Å². The minimum Gasteiger partial charge on any atom is -0.481 e. The molecule has 0 spiro atoms. The Morgan fingerprint density at radius 1 is 0.920 bits per heavy atom. The van der Waals surface area contributed by atoms with Crippen LogP contribution in [0.2, 0.25) is 0 Å². The lowest BCUT2D eigenvalue weighted by Crippen LogP contribution is -2.23. The van der Waals surface area contributed by atoms with E-state index in [2.05, 4.69) is 5.32 Å². The molecule has 0 atom stereocenters. The molecule has 0 aliphatic carbocycles. The van der Waals surface area contributed by atoms with Crippen LogP contribution in [0, 0.1) is 27.7 Å². The van der Waals surface area contributed by atoms with Gasteiger partial charge in [-0.05, 0) is 56.5 Å². The maximum Gasteiger partial charge on any atom is 0.344 e. The van der Waals surface area contributed by atoms with Gasteiger partial charge in [-0.2, -0.15) is 0 Å². The second-order valence-corrected chi connectivity index (χ2v) is 6.09. The molecule has 132 valence electrons. The van der Waals surface area contributed by atoms with Crippen molar-refractivity contribution in [1.82, 2.24) is 0 Å². The third-order valence-corrected chi connectivity index (χ3v) is 3.61. The van der Waals surface area contributed by atoms with Crippen LogP contribution in [0.25, 0.3) is 0 Å². The van der Waals surface area contributed by atoms with Crippen molar-refractivity contribution in [1.29, 1.82) is 0 Å². The fraction of sp³-hybridized carbons (Fsp3) is 0.300. The largest absolute Gasteiger partial charge is 0.481 e. The monoisotopic (exact) mass is 341 g/mol. The van der Waals surface area contributed by atoms with Crippen molar-refractivity contribution >= 4 is 17.6 Å². The molecule has 0 unspecified atom stereocenters. The first-order chi connectivity index (χ1) is 11.8. The molecule has 2 aromatic carbocycles.